The van der Waals surface area contributed by atoms with Crippen molar-refractivity contribution in [1.82, 2.24) is 5.32 Å². The number of carbonyl (C=O) groups excluding carboxylic acids is 1. The predicted octanol–water partition coefficient (Wildman–Crippen LogP) is 2.26. The lowest BCUT2D eigenvalue weighted by atomic mass is 9.73. The van der Waals surface area contributed by atoms with Crippen LogP contribution in [0.25, 0.3) is 0 Å². The van der Waals surface area contributed by atoms with E-state index in [4.69, 9.17) is 4.74 Å². The number of hydrogen-bond donors (Lipinski definition) is 2. The molecule has 22 heavy (non-hydrogen) atoms. The van der Waals surface area contributed by atoms with E-state index in [0.29, 0.717) is 26.1 Å². The molecule has 1 aliphatic heterocycles. The molecule has 0 bridgehead atoms. The van der Waals surface area contributed by atoms with Crippen molar-refractivity contribution in [3.63, 3.8) is 0 Å². The van der Waals surface area contributed by atoms with Crippen molar-refractivity contribution < 1.29 is 14.6 Å². The zero-order valence-electron chi connectivity index (χ0n) is 13.5. The third-order valence-corrected chi connectivity index (χ3v) is 4.95. The van der Waals surface area contributed by atoms with Gasteiger partial charge in [-0.05, 0) is 24.3 Å². The van der Waals surface area contributed by atoms with E-state index in [-0.39, 0.29) is 24.5 Å². The average Bonchev–Trinajstić information content (AvgIpc) is 2.60. The van der Waals surface area contributed by atoms with Crippen LogP contribution in [0.3, 0.4) is 0 Å². The van der Waals surface area contributed by atoms with E-state index in [1.54, 1.807) is 0 Å². The third kappa shape index (κ3) is 3.50. The molecule has 4 heteroatoms. The highest BCUT2D eigenvalue weighted by molar-refractivity contribution is 5.88. The highest BCUT2D eigenvalue weighted by Crippen LogP contribution is 2.35. The van der Waals surface area contributed by atoms with Gasteiger partial charge in [-0.25, -0.2) is 0 Å². The summed E-state index contributed by atoms with van der Waals surface area (Å²) in [7, 11) is 0. The Morgan fingerprint density at radius 2 is 1.95 bits per heavy atom. The fourth-order valence-electron chi connectivity index (χ4n) is 3.08. The van der Waals surface area contributed by atoms with Crippen LogP contribution in [0.5, 0.6) is 0 Å². The first-order chi connectivity index (χ1) is 10.6. The first-order valence-electron chi connectivity index (χ1n) is 8.19. The lowest BCUT2D eigenvalue weighted by Crippen LogP contribution is -2.53. The summed E-state index contributed by atoms with van der Waals surface area (Å²) < 4.78 is 5.47. The molecule has 2 atom stereocenters. The molecule has 1 aliphatic rings. The largest absolute Gasteiger partial charge is 0.394 e. The lowest BCUT2D eigenvalue weighted by molar-refractivity contribution is -0.132. The van der Waals surface area contributed by atoms with Crippen LogP contribution in [0.2, 0.25) is 0 Å². The Morgan fingerprint density at radius 1 is 1.32 bits per heavy atom. The molecular formula is C18H27NO3. The van der Waals surface area contributed by atoms with Crippen LogP contribution < -0.4 is 5.32 Å². The molecule has 1 fully saturated rings. The molecular weight excluding hydrogens is 278 g/mol. The standard InChI is InChI=1S/C18H27NO3/c1-3-14(2)16(13-20)19-17(21)18(9-11-22-12-10-18)15-7-5-4-6-8-15/h4-8,14,16,20H,3,9-13H2,1-2H3,(H,19,21)/t14-,16-/m0/s1. The second kappa shape index (κ2) is 7.75. The Morgan fingerprint density at radius 3 is 2.50 bits per heavy atom. The molecule has 1 heterocycles. The van der Waals surface area contributed by atoms with Gasteiger partial charge in [-0.1, -0.05) is 50.6 Å². The van der Waals surface area contributed by atoms with Crippen molar-refractivity contribution in [2.24, 2.45) is 5.92 Å². The quantitative estimate of drug-likeness (QED) is 0.847. The Bertz CT molecular complexity index is 468. The van der Waals surface area contributed by atoms with Gasteiger partial charge in [-0.3, -0.25) is 4.79 Å². The van der Waals surface area contributed by atoms with Gasteiger partial charge in [0.25, 0.3) is 0 Å². The highest BCUT2D eigenvalue weighted by atomic mass is 16.5. The van der Waals surface area contributed by atoms with Crippen LogP contribution >= 0.6 is 0 Å². The van der Waals surface area contributed by atoms with Gasteiger partial charge in [0.2, 0.25) is 5.91 Å². The predicted molar refractivity (Wildman–Crippen MR) is 86.6 cm³/mol. The van der Waals surface area contributed by atoms with E-state index in [1.165, 1.54) is 0 Å². The van der Waals surface area contributed by atoms with Crippen molar-refractivity contribution in [2.75, 3.05) is 19.8 Å². The van der Waals surface area contributed by atoms with Crippen molar-refractivity contribution in [1.29, 1.82) is 0 Å². The van der Waals surface area contributed by atoms with Gasteiger partial charge in [0.1, 0.15) is 0 Å². The minimum Gasteiger partial charge on any atom is -0.394 e. The number of nitrogens with one attached hydrogen (secondary N) is 1. The summed E-state index contributed by atoms with van der Waals surface area (Å²) in [5, 5.41) is 12.7. The van der Waals surface area contributed by atoms with Gasteiger partial charge in [-0.2, -0.15) is 0 Å². The Balaban J connectivity index is 2.24. The number of aliphatic hydroxyl groups is 1. The van der Waals surface area contributed by atoms with Gasteiger partial charge in [0, 0.05) is 13.2 Å². The molecule has 2 rings (SSSR count). The highest BCUT2D eigenvalue weighted by Gasteiger charge is 2.42. The summed E-state index contributed by atoms with van der Waals surface area (Å²) in [4.78, 5) is 13.0. The van der Waals surface area contributed by atoms with Crippen LogP contribution in [-0.4, -0.2) is 36.9 Å². The van der Waals surface area contributed by atoms with Crippen LogP contribution in [0.15, 0.2) is 30.3 Å². The van der Waals surface area contributed by atoms with E-state index in [9.17, 15) is 9.90 Å². The molecule has 0 aromatic heterocycles. The first-order valence-corrected chi connectivity index (χ1v) is 8.19. The Labute approximate surface area is 132 Å². The van der Waals surface area contributed by atoms with Gasteiger partial charge >= 0.3 is 0 Å². The lowest BCUT2D eigenvalue weighted by Gasteiger charge is -2.38. The molecule has 1 aromatic carbocycles. The molecule has 0 unspecified atom stereocenters. The van der Waals surface area contributed by atoms with E-state index >= 15 is 0 Å². The molecule has 4 nitrogen and oxygen atoms in total. The third-order valence-electron chi connectivity index (χ3n) is 4.95. The summed E-state index contributed by atoms with van der Waals surface area (Å²) >= 11 is 0. The van der Waals surface area contributed by atoms with Crippen LogP contribution in [0.1, 0.15) is 38.7 Å². The summed E-state index contributed by atoms with van der Waals surface area (Å²) in [6, 6.07) is 9.74. The number of ether oxygens (including phenoxy) is 1. The van der Waals surface area contributed by atoms with Gasteiger partial charge in [0.15, 0.2) is 0 Å². The zero-order valence-corrected chi connectivity index (χ0v) is 13.5. The normalized spacial score (nSPS) is 20.1. The Kier molecular flexibility index (Phi) is 5.98. The van der Waals surface area contributed by atoms with Gasteiger partial charge in [0.05, 0.1) is 18.1 Å². The topological polar surface area (TPSA) is 58.6 Å². The average molecular weight is 305 g/mol. The van der Waals surface area contributed by atoms with E-state index in [0.717, 1.165) is 12.0 Å². The number of benzene rings is 1. The fraction of sp³-hybridized carbons (Fsp3) is 0.611. The Hall–Kier alpha value is -1.39. The number of aliphatic hydroxyl groups excluding tert-OH is 1. The minimum atomic E-state index is -0.541. The first kappa shape index (κ1) is 17.0. The summed E-state index contributed by atoms with van der Waals surface area (Å²) in [6.45, 7) is 5.29. The van der Waals surface area contributed by atoms with E-state index in [2.05, 4.69) is 19.2 Å². The number of carbonyl (C=O) groups is 1. The monoisotopic (exact) mass is 305 g/mol. The number of amides is 1. The maximum atomic E-state index is 13.0. The molecule has 122 valence electrons. The molecule has 0 saturated carbocycles. The van der Waals surface area contributed by atoms with Crippen LogP contribution in [-0.2, 0) is 14.9 Å². The van der Waals surface area contributed by atoms with Crippen molar-refractivity contribution in [3.8, 4) is 0 Å². The van der Waals surface area contributed by atoms with Gasteiger partial charge < -0.3 is 15.2 Å². The summed E-state index contributed by atoms with van der Waals surface area (Å²) in [6.07, 6.45) is 2.29. The summed E-state index contributed by atoms with van der Waals surface area (Å²) in [5.41, 5.74) is 0.497. The number of hydrogen-bond acceptors (Lipinski definition) is 3. The molecule has 0 spiro atoms. The minimum absolute atomic E-state index is 0.0151. The molecule has 0 aliphatic carbocycles. The smallest absolute Gasteiger partial charge is 0.231 e. The van der Waals surface area contributed by atoms with Gasteiger partial charge in [-0.15, -0.1) is 0 Å². The van der Waals surface area contributed by atoms with Crippen LogP contribution in [0.4, 0.5) is 0 Å². The second-order valence-electron chi connectivity index (χ2n) is 6.21. The van der Waals surface area contributed by atoms with E-state index in [1.807, 2.05) is 30.3 Å². The molecule has 2 N–H and O–H groups in total. The zero-order chi connectivity index (χ0) is 16.0. The molecule has 0 radical (unpaired) electrons. The van der Waals surface area contributed by atoms with E-state index < -0.39 is 5.41 Å². The molecule has 1 aromatic rings. The maximum absolute atomic E-state index is 13.0. The van der Waals surface area contributed by atoms with Crippen LogP contribution in [0, 0.1) is 5.92 Å². The van der Waals surface area contributed by atoms with Crippen molar-refractivity contribution >= 4 is 5.91 Å². The van der Waals surface area contributed by atoms with Crippen molar-refractivity contribution in [3.05, 3.63) is 35.9 Å². The maximum Gasteiger partial charge on any atom is 0.231 e. The second-order valence-corrected chi connectivity index (χ2v) is 6.21. The molecule has 1 saturated heterocycles. The number of rotatable bonds is 6. The SMILES string of the molecule is CC[C@H](C)[C@H](CO)NC(=O)C1(c2ccccc2)CCOCC1. The van der Waals surface area contributed by atoms with Crippen molar-refractivity contribution in [2.45, 2.75) is 44.6 Å². The molecule has 1 amide bonds. The summed E-state index contributed by atoms with van der Waals surface area (Å²) in [5.74, 6) is 0.267. The fourth-order valence-corrected chi connectivity index (χ4v) is 3.08.